The van der Waals surface area contributed by atoms with E-state index >= 15 is 0 Å². The van der Waals surface area contributed by atoms with Crippen LogP contribution in [0.15, 0.2) is 67.0 Å². The van der Waals surface area contributed by atoms with E-state index in [1.54, 1.807) is 18.3 Å². The second-order valence-corrected chi connectivity index (χ2v) is 7.22. The third-order valence-corrected chi connectivity index (χ3v) is 5.27. The Balaban J connectivity index is 1.75. The summed E-state index contributed by atoms with van der Waals surface area (Å²) in [6, 6.07) is 17.0. The maximum absolute atomic E-state index is 11.0. The lowest BCUT2D eigenvalue weighted by Gasteiger charge is -2.12. The molecule has 4 nitrogen and oxygen atoms in total. The van der Waals surface area contributed by atoms with Crippen LogP contribution in [0, 0.1) is 6.92 Å². The molecule has 0 aliphatic heterocycles. The Labute approximate surface area is 168 Å². The molecular weight excluding hydrogens is 372 g/mol. The van der Waals surface area contributed by atoms with Crippen molar-refractivity contribution >= 4 is 28.5 Å². The first kappa shape index (κ1) is 18.3. The molecule has 28 heavy (non-hydrogen) atoms. The number of hydrogen-bond acceptors (Lipinski definition) is 2. The summed E-state index contributed by atoms with van der Waals surface area (Å²) in [6.45, 7) is 2.88. The first-order chi connectivity index (χ1) is 13.5. The number of aryl methyl sites for hydroxylation is 3. The van der Waals surface area contributed by atoms with E-state index in [1.165, 1.54) is 5.56 Å². The predicted molar refractivity (Wildman–Crippen MR) is 112 cm³/mol. The second kappa shape index (κ2) is 7.49. The first-order valence-corrected chi connectivity index (χ1v) is 9.43. The highest BCUT2D eigenvalue weighted by atomic mass is 35.5. The number of carboxylic acid groups (broad SMARTS) is 1. The molecule has 2 aromatic carbocycles. The summed E-state index contributed by atoms with van der Waals surface area (Å²) in [5, 5.41) is 10.9. The highest BCUT2D eigenvalue weighted by Crippen LogP contribution is 2.34. The molecule has 0 saturated heterocycles. The van der Waals surface area contributed by atoms with Crippen LogP contribution in [-0.2, 0) is 13.0 Å². The summed E-state index contributed by atoms with van der Waals surface area (Å²) in [5.41, 5.74) is 5.89. The van der Waals surface area contributed by atoms with Crippen molar-refractivity contribution in [2.24, 2.45) is 0 Å². The smallest absolute Gasteiger partial charge is 0.335 e. The van der Waals surface area contributed by atoms with E-state index < -0.39 is 5.97 Å². The zero-order chi connectivity index (χ0) is 19.7. The van der Waals surface area contributed by atoms with E-state index in [0.717, 1.165) is 45.7 Å². The van der Waals surface area contributed by atoms with Crippen molar-refractivity contribution in [2.45, 2.75) is 19.9 Å². The van der Waals surface area contributed by atoms with Crippen molar-refractivity contribution in [3.63, 3.8) is 0 Å². The van der Waals surface area contributed by atoms with Crippen molar-refractivity contribution in [3.8, 4) is 11.3 Å². The van der Waals surface area contributed by atoms with Crippen molar-refractivity contribution < 1.29 is 9.90 Å². The van der Waals surface area contributed by atoms with Gasteiger partial charge in [-0.1, -0.05) is 23.7 Å². The van der Waals surface area contributed by atoms with Gasteiger partial charge in [-0.2, -0.15) is 0 Å². The fourth-order valence-electron chi connectivity index (χ4n) is 3.66. The molecule has 0 aliphatic carbocycles. The van der Waals surface area contributed by atoms with Gasteiger partial charge < -0.3 is 9.67 Å². The van der Waals surface area contributed by atoms with Gasteiger partial charge in [0.25, 0.3) is 0 Å². The normalized spacial score (nSPS) is 11.1. The van der Waals surface area contributed by atoms with Crippen LogP contribution in [0.1, 0.15) is 21.5 Å². The molecule has 0 amide bonds. The molecule has 4 aromatic rings. The highest BCUT2D eigenvalue weighted by molar-refractivity contribution is 6.31. The molecule has 2 heterocycles. The molecule has 0 spiro atoms. The molecule has 4 rings (SSSR count). The van der Waals surface area contributed by atoms with E-state index in [0.29, 0.717) is 5.56 Å². The third-order valence-electron chi connectivity index (χ3n) is 5.04. The molecule has 1 N–H and O–H groups in total. The van der Waals surface area contributed by atoms with Gasteiger partial charge in [0.05, 0.1) is 11.3 Å². The van der Waals surface area contributed by atoms with E-state index in [-0.39, 0.29) is 0 Å². The number of nitrogens with zero attached hydrogens (tertiary/aromatic N) is 2. The summed E-state index contributed by atoms with van der Waals surface area (Å²) in [4.78, 5) is 15.3. The Morgan fingerprint density at radius 2 is 1.93 bits per heavy atom. The maximum Gasteiger partial charge on any atom is 0.335 e. The molecule has 0 aliphatic rings. The van der Waals surface area contributed by atoms with E-state index in [9.17, 15) is 4.79 Å². The molecule has 140 valence electrons. The Hall–Kier alpha value is -3.11. The van der Waals surface area contributed by atoms with Crippen molar-refractivity contribution in [1.82, 2.24) is 9.55 Å². The largest absolute Gasteiger partial charge is 0.478 e. The standard InChI is InChI=1S/C23H19ClN2O2/c1-15-20-13-19(24)8-9-21(20)26(22(15)18-3-2-11-25-14-18)12-10-16-4-6-17(7-5-16)23(27)28/h2-9,11,13-14H,10,12H2,1H3,(H,27,28). The van der Waals surface area contributed by atoms with Crippen LogP contribution in [0.5, 0.6) is 0 Å². The van der Waals surface area contributed by atoms with Crippen LogP contribution < -0.4 is 0 Å². The van der Waals surface area contributed by atoms with Crippen LogP contribution in [0.2, 0.25) is 5.02 Å². The summed E-state index contributed by atoms with van der Waals surface area (Å²) in [5.74, 6) is -0.908. The molecule has 2 aromatic heterocycles. The van der Waals surface area contributed by atoms with Crippen LogP contribution in [0.25, 0.3) is 22.2 Å². The summed E-state index contributed by atoms with van der Waals surface area (Å²) in [6.07, 6.45) is 4.44. The molecule has 5 heteroatoms. The van der Waals surface area contributed by atoms with Crippen LogP contribution >= 0.6 is 11.6 Å². The van der Waals surface area contributed by atoms with Crippen molar-refractivity contribution in [1.29, 1.82) is 0 Å². The number of aromatic carboxylic acids is 1. The van der Waals surface area contributed by atoms with Crippen molar-refractivity contribution in [2.75, 3.05) is 0 Å². The lowest BCUT2D eigenvalue weighted by molar-refractivity contribution is 0.0697. The first-order valence-electron chi connectivity index (χ1n) is 9.05. The minimum absolute atomic E-state index is 0.302. The number of fused-ring (bicyclic) bond motifs is 1. The average Bonchev–Trinajstić information content (AvgIpc) is 2.98. The Morgan fingerprint density at radius 3 is 2.61 bits per heavy atom. The number of pyridine rings is 1. The topological polar surface area (TPSA) is 55.1 Å². The van der Waals surface area contributed by atoms with Gasteiger partial charge in [0.1, 0.15) is 0 Å². The van der Waals surface area contributed by atoms with Gasteiger partial charge in [-0.05, 0) is 66.9 Å². The van der Waals surface area contributed by atoms with E-state index in [2.05, 4.69) is 28.6 Å². The number of carboxylic acids is 1. The molecule has 0 saturated carbocycles. The van der Waals surface area contributed by atoms with Crippen LogP contribution in [0.4, 0.5) is 0 Å². The summed E-state index contributed by atoms with van der Waals surface area (Å²) < 4.78 is 2.29. The Morgan fingerprint density at radius 1 is 1.14 bits per heavy atom. The van der Waals surface area contributed by atoms with Gasteiger partial charge >= 0.3 is 5.97 Å². The molecular formula is C23H19ClN2O2. The van der Waals surface area contributed by atoms with Gasteiger partial charge in [0.15, 0.2) is 0 Å². The number of rotatable bonds is 5. The predicted octanol–water partition coefficient (Wildman–Crippen LogP) is 5.61. The number of aromatic nitrogens is 2. The average molecular weight is 391 g/mol. The monoisotopic (exact) mass is 390 g/mol. The lowest BCUT2D eigenvalue weighted by atomic mass is 10.1. The van der Waals surface area contributed by atoms with Crippen LogP contribution in [0.3, 0.4) is 0 Å². The molecule has 0 fully saturated rings. The molecule has 0 bridgehead atoms. The van der Waals surface area contributed by atoms with E-state index in [4.69, 9.17) is 16.7 Å². The maximum atomic E-state index is 11.0. The van der Waals surface area contributed by atoms with Gasteiger partial charge in [-0.25, -0.2) is 4.79 Å². The van der Waals surface area contributed by atoms with Gasteiger partial charge in [-0.15, -0.1) is 0 Å². The third kappa shape index (κ3) is 3.39. The van der Waals surface area contributed by atoms with Gasteiger partial charge in [0, 0.05) is 40.4 Å². The SMILES string of the molecule is Cc1c(-c2cccnc2)n(CCc2ccc(C(=O)O)cc2)c2ccc(Cl)cc12. The van der Waals surface area contributed by atoms with E-state index in [1.807, 2.05) is 36.5 Å². The van der Waals surface area contributed by atoms with Crippen LogP contribution in [-0.4, -0.2) is 20.6 Å². The number of carbonyl (C=O) groups is 1. The van der Waals surface area contributed by atoms with Gasteiger partial charge in [-0.3, -0.25) is 4.98 Å². The number of halogens is 1. The minimum atomic E-state index is -0.908. The van der Waals surface area contributed by atoms with Crippen molar-refractivity contribution in [3.05, 3.63) is 88.7 Å². The Bertz CT molecular complexity index is 1150. The lowest BCUT2D eigenvalue weighted by Crippen LogP contribution is -2.04. The molecule has 0 radical (unpaired) electrons. The quantitative estimate of drug-likeness (QED) is 0.482. The summed E-state index contributed by atoms with van der Waals surface area (Å²) in [7, 11) is 0. The number of benzene rings is 2. The fourth-order valence-corrected chi connectivity index (χ4v) is 3.83. The van der Waals surface area contributed by atoms with Gasteiger partial charge in [0.2, 0.25) is 0 Å². The minimum Gasteiger partial charge on any atom is -0.478 e. The second-order valence-electron chi connectivity index (χ2n) is 6.78. The fraction of sp³-hybridized carbons (Fsp3) is 0.130. The molecule has 0 unspecified atom stereocenters. The number of hydrogen-bond donors (Lipinski definition) is 1. The highest BCUT2D eigenvalue weighted by Gasteiger charge is 2.16. The zero-order valence-electron chi connectivity index (χ0n) is 15.4. The summed E-state index contributed by atoms with van der Waals surface area (Å²) >= 11 is 6.24. The Kier molecular flexibility index (Phi) is 4.88. The molecule has 0 atom stereocenters. The zero-order valence-corrected chi connectivity index (χ0v) is 16.1.